The normalized spacial score (nSPS) is 16.1. The van der Waals surface area contributed by atoms with E-state index >= 15 is 0 Å². The van der Waals surface area contributed by atoms with Crippen LogP contribution in [0.3, 0.4) is 0 Å². The fourth-order valence-corrected chi connectivity index (χ4v) is 1.86. The molecule has 7 heteroatoms. The lowest BCUT2D eigenvalue weighted by Gasteiger charge is -2.35. The highest BCUT2D eigenvalue weighted by Gasteiger charge is 2.36. The van der Waals surface area contributed by atoms with E-state index in [1.54, 1.807) is 0 Å². The zero-order valence-corrected chi connectivity index (χ0v) is 9.65. The molecular weight excluding hydrogens is 263 g/mol. The van der Waals surface area contributed by atoms with Gasteiger partial charge < -0.3 is 10.0 Å². The molecule has 0 saturated carbocycles. The molecule has 1 aromatic rings. The van der Waals surface area contributed by atoms with Crippen molar-refractivity contribution in [1.29, 1.82) is 0 Å². The van der Waals surface area contributed by atoms with Crippen molar-refractivity contribution in [3.63, 3.8) is 0 Å². The molecule has 19 heavy (non-hydrogen) atoms. The summed E-state index contributed by atoms with van der Waals surface area (Å²) >= 11 is 0. The van der Waals surface area contributed by atoms with Crippen LogP contribution in [-0.4, -0.2) is 35.0 Å². The van der Waals surface area contributed by atoms with E-state index in [1.807, 2.05) is 0 Å². The zero-order valence-electron chi connectivity index (χ0n) is 9.65. The highest BCUT2D eigenvalue weighted by Crippen LogP contribution is 2.29. The first kappa shape index (κ1) is 13.4. The summed E-state index contributed by atoms with van der Waals surface area (Å²) in [6, 6.07) is 3.94. The maximum Gasteiger partial charge on any atom is 0.416 e. The van der Waals surface area contributed by atoms with Gasteiger partial charge in [-0.1, -0.05) is 12.1 Å². The number of nitrogens with zero attached hydrogens (tertiary/aromatic N) is 1. The third kappa shape index (κ3) is 2.69. The number of carboxylic acid groups (broad SMARTS) is 1. The zero-order chi connectivity index (χ0) is 14.2. The predicted octanol–water partition coefficient (Wildman–Crippen LogP) is 2.50. The molecule has 1 aliphatic rings. The summed E-state index contributed by atoms with van der Waals surface area (Å²) in [4.78, 5) is 23.5. The Balaban J connectivity index is 2.04. The van der Waals surface area contributed by atoms with Crippen LogP contribution in [0.1, 0.15) is 15.9 Å². The Morgan fingerprint density at radius 3 is 2.11 bits per heavy atom. The second-order valence-electron chi connectivity index (χ2n) is 4.32. The van der Waals surface area contributed by atoms with E-state index in [0.29, 0.717) is 0 Å². The maximum atomic E-state index is 12.3. The number of carbonyl (C=O) groups is 2. The summed E-state index contributed by atoms with van der Waals surface area (Å²) in [5.74, 6) is -0.793. The van der Waals surface area contributed by atoms with E-state index in [0.717, 1.165) is 29.2 Å². The second-order valence-corrected chi connectivity index (χ2v) is 4.32. The lowest BCUT2D eigenvalue weighted by molar-refractivity contribution is -0.137. The monoisotopic (exact) mass is 273 g/mol. The van der Waals surface area contributed by atoms with Crippen molar-refractivity contribution < 1.29 is 27.9 Å². The molecule has 0 aromatic heterocycles. The average molecular weight is 273 g/mol. The third-order valence-electron chi connectivity index (χ3n) is 3.02. The van der Waals surface area contributed by atoms with Gasteiger partial charge in [0.15, 0.2) is 5.78 Å². The smallest absolute Gasteiger partial charge is 0.416 e. The molecule has 1 heterocycles. The minimum Gasteiger partial charge on any atom is -0.465 e. The van der Waals surface area contributed by atoms with Crippen molar-refractivity contribution in [1.82, 2.24) is 4.90 Å². The van der Waals surface area contributed by atoms with Crippen LogP contribution in [-0.2, 0) is 6.18 Å². The molecule has 102 valence electrons. The van der Waals surface area contributed by atoms with Crippen LogP contribution in [0.5, 0.6) is 0 Å². The van der Waals surface area contributed by atoms with Gasteiger partial charge in [0.1, 0.15) is 0 Å². The summed E-state index contributed by atoms with van der Waals surface area (Å²) in [7, 11) is 0. The van der Waals surface area contributed by atoms with Crippen LogP contribution in [0.2, 0.25) is 0 Å². The van der Waals surface area contributed by atoms with E-state index in [2.05, 4.69) is 0 Å². The molecule has 1 N–H and O–H groups in total. The number of rotatable bonds is 2. The molecule has 1 amide bonds. The quantitative estimate of drug-likeness (QED) is 0.842. The number of alkyl halides is 3. The number of hydrogen-bond donors (Lipinski definition) is 1. The number of halogens is 3. The molecule has 1 saturated heterocycles. The van der Waals surface area contributed by atoms with Gasteiger partial charge in [-0.3, -0.25) is 4.79 Å². The SMILES string of the molecule is O=C(c1ccc(C(F)(F)F)cc1)C1CN(C(=O)O)C1. The molecule has 0 atom stereocenters. The average Bonchev–Trinajstić information content (AvgIpc) is 2.25. The maximum absolute atomic E-state index is 12.3. The highest BCUT2D eigenvalue weighted by atomic mass is 19.4. The molecule has 0 aliphatic carbocycles. The highest BCUT2D eigenvalue weighted by molar-refractivity contribution is 5.99. The summed E-state index contributed by atoms with van der Waals surface area (Å²) < 4.78 is 37.0. The number of amides is 1. The van der Waals surface area contributed by atoms with Gasteiger partial charge in [-0.25, -0.2) is 4.79 Å². The molecule has 1 aliphatic heterocycles. The van der Waals surface area contributed by atoms with Gasteiger partial charge in [0.05, 0.1) is 11.5 Å². The molecule has 4 nitrogen and oxygen atoms in total. The van der Waals surface area contributed by atoms with Crippen molar-refractivity contribution in [3.8, 4) is 0 Å². The number of ketones is 1. The Labute approximate surface area is 106 Å². The molecular formula is C12H10F3NO3. The Hall–Kier alpha value is -2.05. The van der Waals surface area contributed by atoms with Gasteiger partial charge in [0, 0.05) is 18.7 Å². The summed E-state index contributed by atoms with van der Waals surface area (Å²) in [5.41, 5.74) is -0.645. The van der Waals surface area contributed by atoms with Gasteiger partial charge in [-0.05, 0) is 12.1 Å². The molecule has 1 aromatic carbocycles. The number of benzene rings is 1. The van der Waals surface area contributed by atoms with Gasteiger partial charge in [0.2, 0.25) is 0 Å². The van der Waals surface area contributed by atoms with E-state index in [1.165, 1.54) is 0 Å². The summed E-state index contributed by atoms with van der Waals surface area (Å²) in [6.07, 6.45) is -5.53. The molecule has 0 unspecified atom stereocenters. The minimum absolute atomic E-state index is 0.0924. The fourth-order valence-electron chi connectivity index (χ4n) is 1.86. The van der Waals surface area contributed by atoms with Crippen LogP contribution in [0.25, 0.3) is 0 Å². The largest absolute Gasteiger partial charge is 0.465 e. The topological polar surface area (TPSA) is 57.6 Å². The molecule has 0 spiro atoms. The van der Waals surface area contributed by atoms with E-state index in [-0.39, 0.29) is 24.4 Å². The van der Waals surface area contributed by atoms with Gasteiger partial charge in [0.25, 0.3) is 0 Å². The number of carbonyl (C=O) groups excluding carboxylic acids is 1. The standard InChI is InChI=1S/C12H10F3NO3/c13-12(14,15)9-3-1-7(2-4-9)10(17)8-5-16(6-8)11(18)19/h1-4,8H,5-6H2,(H,18,19). The number of Topliss-reactive ketones (excluding diaryl/α,β-unsaturated/α-hetero) is 1. The van der Waals surface area contributed by atoms with Gasteiger partial charge in [-0.15, -0.1) is 0 Å². The van der Waals surface area contributed by atoms with Crippen LogP contribution >= 0.6 is 0 Å². The second kappa shape index (κ2) is 4.56. The fraction of sp³-hybridized carbons (Fsp3) is 0.333. The molecule has 2 rings (SSSR count). The molecule has 0 radical (unpaired) electrons. The first-order valence-electron chi connectivity index (χ1n) is 5.48. The first-order valence-corrected chi connectivity index (χ1v) is 5.48. The first-order chi connectivity index (χ1) is 8.79. The van der Waals surface area contributed by atoms with Gasteiger partial charge in [-0.2, -0.15) is 13.2 Å². The van der Waals surface area contributed by atoms with Crippen molar-refractivity contribution in [2.45, 2.75) is 6.18 Å². The van der Waals surface area contributed by atoms with Crippen LogP contribution < -0.4 is 0 Å². The number of hydrogen-bond acceptors (Lipinski definition) is 2. The Bertz CT molecular complexity index is 504. The predicted molar refractivity (Wildman–Crippen MR) is 58.9 cm³/mol. The Kier molecular flexibility index (Phi) is 3.21. The number of likely N-dealkylation sites (tertiary alicyclic amines) is 1. The Morgan fingerprint density at radius 2 is 1.68 bits per heavy atom. The minimum atomic E-state index is -4.43. The van der Waals surface area contributed by atoms with Crippen LogP contribution in [0, 0.1) is 5.92 Å². The van der Waals surface area contributed by atoms with E-state index in [9.17, 15) is 22.8 Å². The van der Waals surface area contributed by atoms with E-state index < -0.39 is 23.8 Å². The van der Waals surface area contributed by atoms with Crippen molar-refractivity contribution in [3.05, 3.63) is 35.4 Å². The van der Waals surface area contributed by atoms with Crippen LogP contribution in [0.4, 0.5) is 18.0 Å². The van der Waals surface area contributed by atoms with Gasteiger partial charge >= 0.3 is 12.3 Å². The van der Waals surface area contributed by atoms with E-state index in [4.69, 9.17) is 5.11 Å². The molecule has 1 fully saturated rings. The lowest BCUT2D eigenvalue weighted by atomic mass is 9.91. The van der Waals surface area contributed by atoms with Crippen molar-refractivity contribution in [2.24, 2.45) is 5.92 Å². The molecule has 0 bridgehead atoms. The summed E-state index contributed by atoms with van der Waals surface area (Å²) in [6.45, 7) is 0.185. The van der Waals surface area contributed by atoms with Crippen molar-refractivity contribution in [2.75, 3.05) is 13.1 Å². The lowest BCUT2D eigenvalue weighted by Crippen LogP contribution is -2.52. The summed E-state index contributed by atoms with van der Waals surface area (Å²) in [5, 5.41) is 8.62. The van der Waals surface area contributed by atoms with Crippen LogP contribution in [0.15, 0.2) is 24.3 Å². The Morgan fingerprint density at radius 1 is 1.16 bits per heavy atom. The third-order valence-corrected chi connectivity index (χ3v) is 3.02. The van der Waals surface area contributed by atoms with Crippen molar-refractivity contribution >= 4 is 11.9 Å².